The van der Waals surface area contributed by atoms with E-state index >= 15 is 0 Å². The van der Waals surface area contributed by atoms with Crippen LogP contribution in [0.15, 0.2) is 15.9 Å². The van der Waals surface area contributed by atoms with Gasteiger partial charge in [-0.15, -0.1) is 0 Å². The first kappa shape index (κ1) is 13.9. The van der Waals surface area contributed by atoms with Gasteiger partial charge >= 0.3 is 0 Å². The van der Waals surface area contributed by atoms with Gasteiger partial charge in [-0.25, -0.2) is 0 Å². The van der Waals surface area contributed by atoms with Crippen LogP contribution in [0, 0.1) is 12.3 Å². The molecule has 0 aliphatic heterocycles. The van der Waals surface area contributed by atoms with Gasteiger partial charge in [0.1, 0.15) is 5.41 Å². The molecule has 0 aromatic carbocycles. The van der Waals surface area contributed by atoms with Crippen LogP contribution in [0.2, 0.25) is 0 Å². The summed E-state index contributed by atoms with van der Waals surface area (Å²) >= 11 is 1.62. The molecule has 19 heavy (non-hydrogen) atoms. The maximum Gasteiger partial charge on any atom is 0.234 e. The Kier molecular flexibility index (Phi) is 4.09. The van der Waals surface area contributed by atoms with Gasteiger partial charge in [0.05, 0.1) is 0 Å². The minimum Gasteiger partial charge on any atom is -0.409 e. The van der Waals surface area contributed by atoms with Gasteiger partial charge in [0, 0.05) is 6.54 Å². The van der Waals surface area contributed by atoms with Gasteiger partial charge in [-0.1, -0.05) is 18.0 Å². The number of amides is 1. The van der Waals surface area contributed by atoms with Crippen LogP contribution in [0.5, 0.6) is 0 Å². The Bertz CT molecular complexity index is 490. The molecule has 0 saturated heterocycles. The molecule has 104 valence electrons. The first-order chi connectivity index (χ1) is 9.10. The number of aryl methyl sites for hydroxylation is 1. The summed E-state index contributed by atoms with van der Waals surface area (Å²) in [4.78, 5) is 12.4. The lowest BCUT2D eigenvalue weighted by Crippen LogP contribution is -2.48. The zero-order valence-electron chi connectivity index (χ0n) is 11.0. The first-order valence-electron chi connectivity index (χ1n) is 6.38. The lowest BCUT2D eigenvalue weighted by atomic mass is 9.83. The summed E-state index contributed by atoms with van der Waals surface area (Å²) in [5, 5.41) is 19.0. The number of nitrogens with two attached hydrogens (primary N) is 1. The Morgan fingerprint density at radius 2 is 2.21 bits per heavy atom. The van der Waals surface area contributed by atoms with Crippen molar-refractivity contribution in [3.8, 4) is 0 Å². The van der Waals surface area contributed by atoms with Gasteiger partial charge in [-0.3, -0.25) is 4.79 Å². The van der Waals surface area contributed by atoms with Crippen molar-refractivity contribution >= 4 is 23.1 Å². The molecule has 5 nitrogen and oxygen atoms in total. The summed E-state index contributed by atoms with van der Waals surface area (Å²) in [6, 6.07) is 0. The molecule has 0 spiro atoms. The van der Waals surface area contributed by atoms with E-state index < -0.39 is 5.41 Å². The molecule has 4 N–H and O–H groups in total. The van der Waals surface area contributed by atoms with Crippen LogP contribution in [0.3, 0.4) is 0 Å². The fourth-order valence-electron chi connectivity index (χ4n) is 2.59. The first-order valence-corrected chi connectivity index (χ1v) is 7.32. The van der Waals surface area contributed by atoms with Crippen molar-refractivity contribution in [2.24, 2.45) is 16.3 Å². The summed E-state index contributed by atoms with van der Waals surface area (Å²) in [6.45, 7) is 2.52. The number of carbonyl (C=O) groups excluding carboxylic acids is 1. The highest BCUT2D eigenvalue weighted by molar-refractivity contribution is 7.08. The predicted octanol–water partition coefficient (Wildman–Crippen LogP) is 1.98. The van der Waals surface area contributed by atoms with Crippen molar-refractivity contribution in [1.82, 2.24) is 5.32 Å². The highest BCUT2D eigenvalue weighted by Crippen LogP contribution is 2.38. The summed E-state index contributed by atoms with van der Waals surface area (Å²) < 4.78 is 0. The molecule has 0 atom stereocenters. The molecule has 1 saturated carbocycles. The molecule has 1 aromatic heterocycles. The number of carbonyl (C=O) groups is 1. The van der Waals surface area contributed by atoms with Crippen molar-refractivity contribution in [2.45, 2.75) is 39.2 Å². The topological polar surface area (TPSA) is 87.7 Å². The average Bonchev–Trinajstić information content (AvgIpc) is 3.05. The van der Waals surface area contributed by atoms with E-state index in [0.717, 1.165) is 18.4 Å². The molecular formula is C13H19N3O2S. The fourth-order valence-corrected chi connectivity index (χ4v) is 3.44. The zero-order valence-corrected chi connectivity index (χ0v) is 11.8. The van der Waals surface area contributed by atoms with Crippen LogP contribution in [0.25, 0.3) is 0 Å². The van der Waals surface area contributed by atoms with E-state index in [2.05, 4.69) is 15.9 Å². The number of amidine groups is 1. The average molecular weight is 281 g/mol. The molecule has 1 heterocycles. The zero-order chi connectivity index (χ0) is 13.9. The van der Waals surface area contributed by atoms with Crippen molar-refractivity contribution in [1.29, 1.82) is 0 Å². The SMILES string of the molecule is Cc1cscc1CNC(=O)C1(C(N)=NO)CCCC1. The normalized spacial score (nSPS) is 18.5. The summed E-state index contributed by atoms with van der Waals surface area (Å²) in [5.41, 5.74) is 7.21. The number of nitrogens with one attached hydrogen (secondary N) is 1. The van der Waals surface area contributed by atoms with Gasteiger partial charge in [0.2, 0.25) is 5.91 Å². The monoisotopic (exact) mass is 281 g/mol. The Morgan fingerprint density at radius 3 is 2.74 bits per heavy atom. The minimum absolute atomic E-state index is 0.0320. The third-order valence-electron chi connectivity index (χ3n) is 3.89. The van der Waals surface area contributed by atoms with Crippen LogP contribution in [0.4, 0.5) is 0 Å². The molecule has 1 aliphatic rings. The van der Waals surface area contributed by atoms with E-state index in [1.165, 1.54) is 5.56 Å². The van der Waals surface area contributed by atoms with Crippen LogP contribution in [0.1, 0.15) is 36.8 Å². The van der Waals surface area contributed by atoms with Gasteiger partial charge in [0.15, 0.2) is 5.84 Å². The molecule has 2 rings (SSSR count). The lowest BCUT2D eigenvalue weighted by molar-refractivity contribution is -0.127. The Hall–Kier alpha value is -1.56. The Morgan fingerprint density at radius 1 is 1.53 bits per heavy atom. The standard InChI is InChI=1S/C13H19N3O2S/c1-9-7-19-8-10(9)6-15-12(17)13(11(14)16-18)4-2-3-5-13/h7-8,18H,2-6H2,1H3,(H2,14,16)(H,15,17). The molecule has 1 aromatic rings. The van der Waals surface area contributed by atoms with Crippen LogP contribution in [-0.2, 0) is 11.3 Å². The summed E-state index contributed by atoms with van der Waals surface area (Å²) in [5.74, 6) is -0.101. The van der Waals surface area contributed by atoms with Gasteiger partial charge in [-0.05, 0) is 41.7 Å². The summed E-state index contributed by atoms with van der Waals surface area (Å²) in [7, 11) is 0. The maximum atomic E-state index is 12.4. The van der Waals surface area contributed by atoms with Crippen molar-refractivity contribution < 1.29 is 10.0 Å². The smallest absolute Gasteiger partial charge is 0.234 e. The third-order valence-corrected chi connectivity index (χ3v) is 4.80. The second kappa shape index (κ2) is 5.61. The van der Waals surface area contributed by atoms with E-state index in [-0.39, 0.29) is 11.7 Å². The highest BCUT2D eigenvalue weighted by atomic mass is 32.1. The van der Waals surface area contributed by atoms with Gasteiger partial charge in [-0.2, -0.15) is 11.3 Å². The van der Waals surface area contributed by atoms with E-state index in [4.69, 9.17) is 10.9 Å². The van der Waals surface area contributed by atoms with Crippen LogP contribution >= 0.6 is 11.3 Å². The second-order valence-corrected chi connectivity index (χ2v) is 5.78. The van der Waals surface area contributed by atoms with Crippen molar-refractivity contribution in [2.75, 3.05) is 0 Å². The molecule has 1 aliphatic carbocycles. The lowest BCUT2D eigenvalue weighted by Gasteiger charge is -2.25. The summed E-state index contributed by atoms with van der Waals surface area (Å²) in [6.07, 6.45) is 3.16. The molecule has 0 radical (unpaired) electrons. The molecular weight excluding hydrogens is 262 g/mol. The maximum absolute atomic E-state index is 12.4. The second-order valence-electron chi connectivity index (χ2n) is 5.04. The predicted molar refractivity (Wildman–Crippen MR) is 75.2 cm³/mol. The molecule has 6 heteroatoms. The number of nitrogens with zero attached hydrogens (tertiary/aromatic N) is 1. The Balaban J connectivity index is 2.07. The van der Waals surface area contributed by atoms with Gasteiger partial charge in [0.25, 0.3) is 0 Å². The molecule has 0 bridgehead atoms. The number of hydrogen-bond acceptors (Lipinski definition) is 4. The van der Waals surface area contributed by atoms with Crippen LogP contribution < -0.4 is 11.1 Å². The fraction of sp³-hybridized carbons (Fsp3) is 0.538. The minimum atomic E-state index is -0.821. The van der Waals surface area contributed by atoms with E-state index in [1.54, 1.807) is 11.3 Å². The highest BCUT2D eigenvalue weighted by Gasteiger charge is 2.45. The van der Waals surface area contributed by atoms with Crippen molar-refractivity contribution in [3.63, 3.8) is 0 Å². The van der Waals surface area contributed by atoms with Crippen LogP contribution in [-0.4, -0.2) is 17.0 Å². The van der Waals surface area contributed by atoms with E-state index in [9.17, 15) is 4.79 Å². The Labute approximate surface area is 116 Å². The molecule has 0 unspecified atom stereocenters. The molecule has 1 amide bonds. The number of oxime groups is 1. The number of rotatable bonds is 4. The molecule has 1 fully saturated rings. The largest absolute Gasteiger partial charge is 0.409 e. The third kappa shape index (κ3) is 2.58. The number of thiophene rings is 1. The quantitative estimate of drug-likeness (QED) is 0.341. The van der Waals surface area contributed by atoms with Gasteiger partial charge < -0.3 is 16.3 Å². The van der Waals surface area contributed by atoms with E-state index in [0.29, 0.717) is 19.4 Å². The van der Waals surface area contributed by atoms with Crippen molar-refractivity contribution in [3.05, 3.63) is 21.9 Å². The van der Waals surface area contributed by atoms with E-state index in [1.807, 2.05) is 12.3 Å². The number of hydrogen-bond donors (Lipinski definition) is 3.